The molecule has 1 aliphatic heterocycles. The van der Waals surface area contributed by atoms with Gasteiger partial charge in [0, 0.05) is 26.2 Å². The highest BCUT2D eigenvalue weighted by molar-refractivity contribution is 5.91. The molecule has 7 nitrogen and oxygen atoms in total. The molecule has 0 unspecified atom stereocenters. The summed E-state index contributed by atoms with van der Waals surface area (Å²) in [4.78, 5) is 19.6. The number of amides is 1. The van der Waals surface area contributed by atoms with Crippen molar-refractivity contribution >= 4 is 11.7 Å². The van der Waals surface area contributed by atoms with Crippen LogP contribution < -0.4 is 4.90 Å². The molecule has 128 valence electrons. The van der Waals surface area contributed by atoms with Gasteiger partial charge in [0.15, 0.2) is 5.69 Å². The van der Waals surface area contributed by atoms with E-state index < -0.39 is 11.4 Å². The molecule has 1 N–H and O–H groups in total. The average molecular weight is 334 g/mol. The fourth-order valence-corrected chi connectivity index (χ4v) is 3.02. The Labute approximate surface area is 138 Å². The molecule has 1 amide bonds. The quantitative estimate of drug-likeness (QED) is 0.908. The minimum atomic E-state index is -1.07. The summed E-state index contributed by atoms with van der Waals surface area (Å²) >= 11 is 0. The number of aliphatic hydroxyl groups is 1. The van der Waals surface area contributed by atoms with Crippen LogP contribution in [-0.4, -0.2) is 58.3 Å². The highest BCUT2D eigenvalue weighted by atomic mass is 19.1. The first-order chi connectivity index (χ1) is 11.5. The third-order valence-corrected chi connectivity index (χ3v) is 4.13. The Morgan fingerprint density at radius 2 is 2.33 bits per heavy atom. The molecular weight excluding hydrogens is 315 g/mol. The molecule has 8 heteroatoms. The molecule has 3 heterocycles. The number of nitrogens with zero attached hydrogens (tertiary/aromatic N) is 4. The van der Waals surface area contributed by atoms with E-state index in [9.17, 15) is 14.3 Å². The largest absolute Gasteiger partial charge is 0.386 e. The summed E-state index contributed by atoms with van der Waals surface area (Å²) < 4.78 is 17.7. The summed E-state index contributed by atoms with van der Waals surface area (Å²) in [6, 6.07) is 4.42. The van der Waals surface area contributed by atoms with E-state index in [1.54, 1.807) is 13.1 Å². The van der Waals surface area contributed by atoms with Crippen molar-refractivity contribution in [3.8, 4) is 0 Å². The number of hydrogen-bond donors (Lipinski definition) is 1. The molecule has 2 aromatic rings. The average Bonchev–Trinajstić information content (AvgIpc) is 3.08. The fraction of sp³-hybridized carbons (Fsp3) is 0.438. The molecule has 0 aliphatic carbocycles. The SMILES string of the molecule is CN(C[C@]1(O)CCCN(c2ccc(F)cn2)C1)C(=O)c1ccon1. The molecule has 1 saturated heterocycles. The van der Waals surface area contributed by atoms with Crippen molar-refractivity contribution in [3.05, 3.63) is 42.2 Å². The van der Waals surface area contributed by atoms with Crippen molar-refractivity contribution < 1.29 is 18.8 Å². The maximum absolute atomic E-state index is 13.0. The molecule has 0 spiro atoms. The Hall–Kier alpha value is -2.48. The van der Waals surface area contributed by atoms with Crippen LogP contribution in [0.2, 0.25) is 0 Å². The summed E-state index contributed by atoms with van der Waals surface area (Å²) in [5.41, 5.74) is -0.864. The minimum Gasteiger partial charge on any atom is -0.386 e. The number of β-amino-alcohol motifs (C(OH)–C–C–N with tert-alkyl or cyclic N) is 1. The van der Waals surface area contributed by atoms with Crippen LogP contribution in [0, 0.1) is 5.82 Å². The van der Waals surface area contributed by atoms with Crippen LogP contribution in [0.5, 0.6) is 0 Å². The lowest BCUT2D eigenvalue weighted by Gasteiger charge is -2.41. The second-order valence-electron chi connectivity index (χ2n) is 6.13. The Morgan fingerprint density at radius 1 is 1.50 bits per heavy atom. The van der Waals surface area contributed by atoms with Gasteiger partial charge in [0.1, 0.15) is 17.9 Å². The molecule has 24 heavy (non-hydrogen) atoms. The first kappa shape index (κ1) is 16.4. The van der Waals surface area contributed by atoms with Crippen LogP contribution in [-0.2, 0) is 0 Å². The number of likely N-dealkylation sites (N-methyl/N-ethyl adjacent to an activating group) is 1. The minimum absolute atomic E-state index is 0.163. The summed E-state index contributed by atoms with van der Waals surface area (Å²) in [5.74, 6) is -0.0989. The zero-order chi connectivity index (χ0) is 17.2. The van der Waals surface area contributed by atoms with E-state index in [1.807, 2.05) is 4.90 Å². The van der Waals surface area contributed by atoms with Crippen LogP contribution in [0.4, 0.5) is 10.2 Å². The second-order valence-corrected chi connectivity index (χ2v) is 6.13. The van der Waals surface area contributed by atoms with Crippen molar-refractivity contribution in [1.82, 2.24) is 15.0 Å². The van der Waals surface area contributed by atoms with E-state index in [0.29, 0.717) is 18.8 Å². The maximum Gasteiger partial charge on any atom is 0.275 e. The van der Waals surface area contributed by atoms with Gasteiger partial charge in [0.05, 0.1) is 18.3 Å². The van der Waals surface area contributed by atoms with E-state index in [2.05, 4.69) is 14.7 Å². The van der Waals surface area contributed by atoms with Crippen molar-refractivity contribution in [2.75, 3.05) is 31.6 Å². The highest BCUT2D eigenvalue weighted by Crippen LogP contribution is 2.26. The standard InChI is InChI=1S/C16H19FN4O3/c1-20(15(22)13-5-8-24-19-13)10-16(23)6-2-7-21(11-16)14-4-3-12(17)9-18-14/h3-5,8-9,23H,2,6-7,10-11H2,1H3/t16-/m1/s1. The van der Waals surface area contributed by atoms with Crippen LogP contribution in [0.1, 0.15) is 23.3 Å². The van der Waals surface area contributed by atoms with E-state index >= 15 is 0 Å². The summed E-state index contributed by atoms with van der Waals surface area (Å²) in [7, 11) is 1.62. The number of carbonyl (C=O) groups is 1. The van der Waals surface area contributed by atoms with Gasteiger partial charge in [-0.05, 0) is 25.0 Å². The zero-order valence-corrected chi connectivity index (χ0v) is 13.4. The summed E-state index contributed by atoms with van der Waals surface area (Å²) in [6.45, 7) is 1.21. The van der Waals surface area contributed by atoms with Crippen molar-refractivity contribution in [1.29, 1.82) is 0 Å². The Morgan fingerprint density at radius 3 is 3.00 bits per heavy atom. The molecule has 1 fully saturated rings. The van der Waals surface area contributed by atoms with Gasteiger partial charge in [-0.25, -0.2) is 9.37 Å². The lowest BCUT2D eigenvalue weighted by molar-refractivity contribution is -0.000378. The van der Waals surface area contributed by atoms with Gasteiger partial charge in [0.2, 0.25) is 0 Å². The Balaban J connectivity index is 1.68. The van der Waals surface area contributed by atoms with Gasteiger partial charge in [-0.1, -0.05) is 5.16 Å². The van der Waals surface area contributed by atoms with E-state index in [0.717, 1.165) is 19.2 Å². The predicted octanol–water partition coefficient (Wildman–Crippen LogP) is 1.31. The monoisotopic (exact) mass is 334 g/mol. The normalized spacial score (nSPS) is 20.9. The van der Waals surface area contributed by atoms with Crippen LogP contribution >= 0.6 is 0 Å². The number of hydrogen-bond acceptors (Lipinski definition) is 6. The van der Waals surface area contributed by atoms with Gasteiger partial charge in [-0.2, -0.15) is 0 Å². The van der Waals surface area contributed by atoms with Crippen molar-refractivity contribution in [2.45, 2.75) is 18.4 Å². The molecule has 0 aromatic carbocycles. The van der Waals surface area contributed by atoms with Crippen LogP contribution in [0.15, 0.2) is 35.2 Å². The molecular formula is C16H19FN4O3. The number of aromatic nitrogens is 2. The molecule has 0 radical (unpaired) electrons. The second kappa shape index (κ2) is 6.56. The number of carbonyl (C=O) groups excluding carboxylic acids is 1. The van der Waals surface area contributed by atoms with Gasteiger partial charge >= 0.3 is 0 Å². The van der Waals surface area contributed by atoms with Gasteiger partial charge in [0.25, 0.3) is 5.91 Å². The molecule has 0 bridgehead atoms. The molecule has 0 saturated carbocycles. The summed E-state index contributed by atoms with van der Waals surface area (Å²) in [6.07, 6.45) is 3.81. The van der Waals surface area contributed by atoms with Crippen LogP contribution in [0.25, 0.3) is 0 Å². The van der Waals surface area contributed by atoms with Crippen LogP contribution in [0.3, 0.4) is 0 Å². The predicted molar refractivity (Wildman–Crippen MR) is 84.1 cm³/mol. The maximum atomic E-state index is 13.0. The summed E-state index contributed by atoms with van der Waals surface area (Å²) in [5, 5.41) is 14.5. The van der Waals surface area contributed by atoms with E-state index in [-0.39, 0.29) is 18.1 Å². The van der Waals surface area contributed by atoms with Crippen molar-refractivity contribution in [2.24, 2.45) is 0 Å². The number of halogens is 1. The molecule has 1 aliphatic rings. The van der Waals surface area contributed by atoms with Gasteiger partial charge in [-0.15, -0.1) is 0 Å². The number of piperidine rings is 1. The Bertz CT molecular complexity index is 692. The Kier molecular flexibility index (Phi) is 4.48. The van der Waals surface area contributed by atoms with Crippen molar-refractivity contribution in [3.63, 3.8) is 0 Å². The molecule has 1 atom stereocenters. The third-order valence-electron chi connectivity index (χ3n) is 4.13. The van der Waals surface area contributed by atoms with Gasteiger partial charge in [-0.3, -0.25) is 4.79 Å². The number of anilines is 1. The first-order valence-electron chi connectivity index (χ1n) is 7.72. The van der Waals surface area contributed by atoms with Gasteiger partial charge < -0.3 is 19.4 Å². The topological polar surface area (TPSA) is 82.7 Å². The highest BCUT2D eigenvalue weighted by Gasteiger charge is 2.36. The van der Waals surface area contributed by atoms with E-state index in [4.69, 9.17) is 0 Å². The van der Waals surface area contributed by atoms with E-state index in [1.165, 1.54) is 23.3 Å². The first-order valence-corrected chi connectivity index (χ1v) is 7.72. The number of rotatable bonds is 4. The number of pyridine rings is 1. The zero-order valence-electron chi connectivity index (χ0n) is 13.4. The fourth-order valence-electron chi connectivity index (χ4n) is 3.02. The lowest BCUT2D eigenvalue weighted by Crippen LogP contribution is -2.54. The molecule has 3 rings (SSSR count). The lowest BCUT2D eigenvalue weighted by atomic mass is 9.92. The smallest absolute Gasteiger partial charge is 0.275 e. The molecule has 2 aromatic heterocycles. The third kappa shape index (κ3) is 3.53.